The molecule has 8 heteroatoms. The Morgan fingerprint density at radius 1 is 1.53 bits per heavy atom. The number of sulfone groups is 1. The Hall–Kier alpha value is -0.595. The minimum atomic E-state index is -3.03. The Morgan fingerprint density at radius 2 is 2.13 bits per heavy atom. The molecule has 6 nitrogen and oxygen atoms in total. The number of hydroxylamine groups is 1. The van der Waals surface area contributed by atoms with Gasteiger partial charge in [-0.25, -0.2) is 13.9 Å². The molecule has 0 spiro atoms. The van der Waals surface area contributed by atoms with Crippen LogP contribution < -0.4 is 5.48 Å². The van der Waals surface area contributed by atoms with Crippen molar-refractivity contribution in [2.75, 3.05) is 12.0 Å². The Labute approximate surface area is 90.0 Å². The monoisotopic (exact) mass is 237 g/mol. The Balaban J connectivity index is 3.59. The molecule has 1 amide bonds. The molecule has 0 radical (unpaired) electrons. The van der Waals surface area contributed by atoms with E-state index in [4.69, 9.17) is 5.02 Å². The molecule has 0 bridgehead atoms. The zero-order valence-corrected chi connectivity index (χ0v) is 9.71. The smallest absolute Gasteiger partial charge is 0.426 e. The topological polar surface area (TPSA) is 92.7 Å². The number of carbonyl (C=O) groups excluding carboxylic acids is 1. The van der Waals surface area contributed by atoms with Crippen LogP contribution in [0.4, 0.5) is 0 Å². The fraction of sp³-hybridized carbons (Fsp3) is 0.857. The number of nitrogens with one attached hydrogen (secondary N) is 1. The van der Waals surface area contributed by atoms with Crippen molar-refractivity contribution in [2.24, 2.45) is 0 Å². The van der Waals surface area contributed by atoms with Gasteiger partial charge in [0.15, 0.2) is 0 Å². The third kappa shape index (κ3) is 9.70. The van der Waals surface area contributed by atoms with E-state index in [1.165, 1.54) is 0 Å². The molecule has 0 aromatic heterocycles. The Morgan fingerprint density at radius 3 is 2.60 bits per heavy atom. The van der Waals surface area contributed by atoms with Crippen LogP contribution in [0.15, 0.2) is 0 Å². The molecule has 88 valence electrons. The highest BCUT2D eigenvalue weighted by atomic mass is 32.2. The minimum absolute atomic E-state index is 0.0310. The first-order chi connectivity index (χ1) is 6.85. The van der Waals surface area contributed by atoms with Gasteiger partial charge >= 0.3 is 7.12 Å². The summed E-state index contributed by atoms with van der Waals surface area (Å²) in [6.45, 7) is 1.69. The van der Waals surface area contributed by atoms with Gasteiger partial charge in [-0.3, -0.25) is 9.55 Å². The van der Waals surface area contributed by atoms with Gasteiger partial charge in [0.25, 0.3) is 0 Å². The maximum Gasteiger partial charge on any atom is 0.478 e. The molecule has 0 aliphatic rings. The highest BCUT2D eigenvalue weighted by Crippen LogP contribution is 1.95. The molecule has 0 aromatic rings. The summed E-state index contributed by atoms with van der Waals surface area (Å²) in [4.78, 5) is 11.0. The largest absolute Gasteiger partial charge is 0.478 e. The van der Waals surface area contributed by atoms with Gasteiger partial charge in [0, 0.05) is 12.7 Å². The number of carbonyl (C=O) groups is 1. The van der Waals surface area contributed by atoms with Gasteiger partial charge in [-0.15, -0.1) is 0 Å². The fourth-order valence-electron chi connectivity index (χ4n) is 0.763. The lowest BCUT2D eigenvalue weighted by Crippen LogP contribution is -2.31. The summed E-state index contributed by atoms with van der Waals surface area (Å²) in [5.41, 5.74) is 2.04. The molecule has 2 N–H and O–H groups in total. The van der Waals surface area contributed by atoms with Gasteiger partial charge in [-0.05, 0) is 12.7 Å². The van der Waals surface area contributed by atoms with E-state index in [0.29, 0.717) is 6.32 Å². The van der Waals surface area contributed by atoms with Crippen LogP contribution in [-0.2, 0) is 19.4 Å². The van der Waals surface area contributed by atoms with Crippen molar-refractivity contribution in [3.8, 4) is 0 Å². The van der Waals surface area contributed by atoms with Crippen molar-refractivity contribution in [2.45, 2.75) is 26.1 Å². The summed E-state index contributed by atoms with van der Waals surface area (Å²) >= 11 is 0. The fourth-order valence-corrected chi connectivity index (χ4v) is 1.43. The van der Waals surface area contributed by atoms with Gasteiger partial charge in [0.1, 0.15) is 9.84 Å². The van der Waals surface area contributed by atoms with Gasteiger partial charge in [-0.1, -0.05) is 6.92 Å². The molecule has 0 saturated heterocycles. The lowest BCUT2D eigenvalue weighted by molar-refractivity contribution is -0.128. The van der Waals surface area contributed by atoms with Gasteiger partial charge < -0.3 is 5.02 Å². The van der Waals surface area contributed by atoms with E-state index in [1.807, 2.05) is 5.48 Å². The van der Waals surface area contributed by atoms with E-state index in [2.05, 4.69) is 4.76 Å². The quantitative estimate of drug-likeness (QED) is 0.453. The van der Waals surface area contributed by atoms with Crippen LogP contribution in [0.25, 0.3) is 0 Å². The summed E-state index contributed by atoms with van der Waals surface area (Å²) in [5.74, 6) is -0.470. The first kappa shape index (κ1) is 14.4. The second-order valence-electron chi connectivity index (χ2n) is 3.24. The normalized spacial score (nSPS) is 11.1. The van der Waals surface area contributed by atoms with Crippen LogP contribution >= 0.6 is 0 Å². The van der Waals surface area contributed by atoms with Crippen LogP contribution in [0.3, 0.4) is 0 Å². The molecular weight excluding hydrogens is 221 g/mol. The van der Waals surface area contributed by atoms with Crippen molar-refractivity contribution >= 4 is 22.9 Å². The molecule has 0 rings (SSSR count). The number of hydrogen-bond donors (Lipinski definition) is 2. The van der Waals surface area contributed by atoms with Crippen LogP contribution in [0.1, 0.15) is 19.8 Å². The molecule has 0 saturated carbocycles. The predicted molar refractivity (Wildman–Crippen MR) is 56.6 cm³/mol. The minimum Gasteiger partial charge on any atom is -0.426 e. The van der Waals surface area contributed by atoms with E-state index in [1.54, 1.807) is 6.92 Å². The molecule has 0 heterocycles. The van der Waals surface area contributed by atoms with Crippen molar-refractivity contribution in [1.82, 2.24) is 5.48 Å². The third-order valence-corrected chi connectivity index (χ3v) is 2.61. The lowest BCUT2D eigenvalue weighted by atomic mass is 9.88. The summed E-state index contributed by atoms with van der Waals surface area (Å²) in [5, 5.41) is 8.93. The highest BCUT2D eigenvalue weighted by Gasteiger charge is 2.12. The Bertz CT molecular complexity index is 292. The molecule has 0 aliphatic carbocycles. The van der Waals surface area contributed by atoms with E-state index < -0.39 is 22.9 Å². The van der Waals surface area contributed by atoms with E-state index in [9.17, 15) is 13.2 Å². The van der Waals surface area contributed by atoms with Crippen molar-refractivity contribution < 1.29 is 23.0 Å². The predicted octanol–water partition coefficient (Wildman–Crippen LogP) is -0.641. The molecular formula is C7H16BNO5S. The third-order valence-electron chi connectivity index (χ3n) is 1.58. The highest BCUT2D eigenvalue weighted by molar-refractivity contribution is 7.90. The zero-order chi connectivity index (χ0) is 11.9. The van der Waals surface area contributed by atoms with Crippen LogP contribution in [0.2, 0.25) is 6.32 Å². The lowest BCUT2D eigenvalue weighted by Gasteiger charge is -2.06. The number of hydrogen-bond acceptors (Lipinski definition) is 5. The molecule has 15 heavy (non-hydrogen) atoms. The molecule has 0 unspecified atom stereocenters. The van der Waals surface area contributed by atoms with E-state index in [-0.39, 0.29) is 18.6 Å². The standard InChI is InChI=1S/C7H16BNO5S/c1-3-8(11)14-9-7(10)5-4-6-15(2,12)13/h11H,3-6H2,1-2H3,(H,9,10). The molecule has 0 aromatic carbocycles. The molecule has 0 aliphatic heterocycles. The molecule has 0 atom stereocenters. The average molecular weight is 237 g/mol. The number of amides is 1. The summed E-state index contributed by atoms with van der Waals surface area (Å²) < 4.78 is 26.0. The Kier molecular flexibility index (Phi) is 6.54. The first-order valence-corrected chi connectivity index (χ1v) is 6.71. The van der Waals surface area contributed by atoms with Crippen molar-refractivity contribution in [3.63, 3.8) is 0 Å². The van der Waals surface area contributed by atoms with Gasteiger partial charge in [-0.2, -0.15) is 0 Å². The second-order valence-corrected chi connectivity index (χ2v) is 5.50. The maximum atomic E-state index is 11.0. The summed E-state index contributed by atoms with van der Waals surface area (Å²) in [7, 11) is -4.05. The zero-order valence-electron chi connectivity index (χ0n) is 8.89. The summed E-state index contributed by atoms with van der Waals surface area (Å²) in [6.07, 6.45) is 1.78. The van der Waals surface area contributed by atoms with Gasteiger partial charge in [0.05, 0.1) is 5.75 Å². The average Bonchev–Trinajstić information content (AvgIpc) is 2.12. The van der Waals surface area contributed by atoms with Crippen LogP contribution in [0.5, 0.6) is 0 Å². The van der Waals surface area contributed by atoms with Crippen molar-refractivity contribution in [3.05, 3.63) is 0 Å². The number of rotatable bonds is 7. The van der Waals surface area contributed by atoms with Crippen LogP contribution in [0, 0.1) is 0 Å². The first-order valence-electron chi connectivity index (χ1n) is 4.65. The molecule has 0 fully saturated rings. The SMILES string of the molecule is CCB(O)ONC(=O)CCCS(C)(=O)=O. The second kappa shape index (κ2) is 6.81. The van der Waals surface area contributed by atoms with Crippen LogP contribution in [-0.4, -0.2) is 38.5 Å². The van der Waals surface area contributed by atoms with E-state index in [0.717, 1.165) is 6.26 Å². The van der Waals surface area contributed by atoms with E-state index >= 15 is 0 Å². The summed E-state index contributed by atoms with van der Waals surface area (Å²) in [6, 6.07) is 0. The van der Waals surface area contributed by atoms with Gasteiger partial charge in [0.2, 0.25) is 5.91 Å². The maximum absolute atomic E-state index is 11.0. The van der Waals surface area contributed by atoms with Crippen molar-refractivity contribution in [1.29, 1.82) is 0 Å².